The molecule has 25 heavy (non-hydrogen) atoms. The summed E-state index contributed by atoms with van der Waals surface area (Å²) in [6, 6.07) is 11.2. The predicted molar refractivity (Wildman–Crippen MR) is 85.9 cm³/mol. The van der Waals surface area contributed by atoms with Crippen molar-refractivity contribution in [1.82, 2.24) is 0 Å². The third-order valence-electron chi connectivity index (χ3n) is 3.99. The summed E-state index contributed by atoms with van der Waals surface area (Å²) < 4.78 is 5.07. The molecule has 0 saturated heterocycles. The third kappa shape index (κ3) is 2.76. The van der Waals surface area contributed by atoms with Crippen molar-refractivity contribution < 1.29 is 34.8 Å². The minimum atomic E-state index is -2.12. The van der Waals surface area contributed by atoms with E-state index in [0.29, 0.717) is 5.56 Å². The van der Waals surface area contributed by atoms with Gasteiger partial charge in [0, 0.05) is 6.42 Å². The van der Waals surface area contributed by atoms with Gasteiger partial charge in [-0.15, -0.1) is 0 Å². The summed E-state index contributed by atoms with van der Waals surface area (Å²) in [7, 11) is 0. The van der Waals surface area contributed by atoms with E-state index in [-0.39, 0.29) is 29.1 Å². The number of benzene rings is 2. The highest BCUT2D eigenvalue weighted by Crippen LogP contribution is 2.42. The number of carbonyl (C=O) groups excluding carboxylic acids is 1. The lowest BCUT2D eigenvalue weighted by Crippen LogP contribution is -2.43. The van der Waals surface area contributed by atoms with E-state index in [2.05, 4.69) is 0 Å². The molecule has 1 atom stereocenters. The summed E-state index contributed by atoms with van der Waals surface area (Å²) in [5, 5.41) is 38.7. The Labute approximate surface area is 142 Å². The SMILES string of the molecule is O=C1OC(Cc2ccc(O)cc2)(C(=O)O)C(c2ccc(O)cc2)=C1O. The number of aromatic hydroxyl groups is 2. The summed E-state index contributed by atoms with van der Waals surface area (Å²) in [5.41, 5.74) is -1.57. The molecular weight excluding hydrogens is 328 g/mol. The molecule has 4 N–H and O–H groups in total. The van der Waals surface area contributed by atoms with Crippen molar-refractivity contribution in [3.8, 4) is 11.5 Å². The second-order valence-corrected chi connectivity index (χ2v) is 5.64. The number of aliphatic hydroxyl groups is 1. The van der Waals surface area contributed by atoms with Crippen molar-refractivity contribution in [2.24, 2.45) is 0 Å². The predicted octanol–water partition coefficient (Wildman–Crippen LogP) is 1.99. The molecule has 2 aromatic rings. The molecule has 7 nitrogen and oxygen atoms in total. The van der Waals surface area contributed by atoms with Gasteiger partial charge in [-0.3, -0.25) is 0 Å². The van der Waals surface area contributed by atoms with Crippen LogP contribution in [0.15, 0.2) is 54.3 Å². The molecule has 128 valence electrons. The number of aliphatic carboxylic acids is 1. The Kier molecular flexibility index (Phi) is 3.84. The molecule has 2 aromatic carbocycles. The van der Waals surface area contributed by atoms with E-state index < -0.39 is 23.3 Å². The van der Waals surface area contributed by atoms with Crippen LogP contribution in [-0.2, 0) is 20.7 Å². The molecule has 0 bridgehead atoms. The van der Waals surface area contributed by atoms with Crippen molar-refractivity contribution in [3.05, 3.63) is 65.4 Å². The van der Waals surface area contributed by atoms with E-state index in [0.717, 1.165) is 0 Å². The van der Waals surface area contributed by atoms with Gasteiger partial charge in [-0.05, 0) is 35.4 Å². The van der Waals surface area contributed by atoms with Gasteiger partial charge in [0.25, 0.3) is 0 Å². The normalized spacial score (nSPS) is 19.8. The molecule has 0 radical (unpaired) electrons. The van der Waals surface area contributed by atoms with Crippen molar-refractivity contribution in [2.45, 2.75) is 12.0 Å². The van der Waals surface area contributed by atoms with Crippen molar-refractivity contribution in [2.75, 3.05) is 0 Å². The van der Waals surface area contributed by atoms with Crippen LogP contribution in [0, 0.1) is 0 Å². The van der Waals surface area contributed by atoms with Crippen LogP contribution >= 0.6 is 0 Å². The maximum atomic E-state index is 12.0. The van der Waals surface area contributed by atoms with E-state index in [9.17, 15) is 30.0 Å². The molecule has 1 heterocycles. The highest BCUT2D eigenvalue weighted by Gasteiger charge is 2.55. The lowest BCUT2D eigenvalue weighted by Gasteiger charge is -2.26. The fourth-order valence-corrected chi connectivity index (χ4v) is 2.80. The van der Waals surface area contributed by atoms with Crippen molar-refractivity contribution in [1.29, 1.82) is 0 Å². The molecule has 0 aromatic heterocycles. The number of cyclic esters (lactones) is 1. The number of carboxylic acid groups (broad SMARTS) is 1. The molecule has 7 heteroatoms. The summed E-state index contributed by atoms with van der Waals surface area (Å²) >= 11 is 0. The highest BCUT2D eigenvalue weighted by molar-refractivity contribution is 6.10. The summed E-state index contributed by atoms with van der Waals surface area (Å²) in [6.07, 6.45) is -0.241. The Hall–Kier alpha value is -3.48. The van der Waals surface area contributed by atoms with Gasteiger partial charge < -0.3 is 25.2 Å². The fraction of sp³-hybridized carbons (Fsp3) is 0.111. The third-order valence-corrected chi connectivity index (χ3v) is 3.99. The minimum Gasteiger partial charge on any atom is -0.508 e. The van der Waals surface area contributed by atoms with Crippen LogP contribution in [0.25, 0.3) is 5.57 Å². The Morgan fingerprint density at radius 3 is 1.96 bits per heavy atom. The zero-order chi connectivity index (χ0) is 18.2. The number of phenols is 2. The summed E-state index contributed by atoms with van der Waals surface area (Å²) in [5.74, 6) is -3.40. The van der Waals surface area contributed by atoms with Crippen molar-refractivity contribution >= 4 is 17.5 Å². The van der Waals surface area contributed by atoms with E-state index in [4.69, 9.17) is 4.74 Å². The lowest BCUT2D eigenvalue weighted by atomic mass is 9.83. The lowest BCUT2D eigenvalue weighted by molar-refractivity contribution is -0.166. The minimum absolute atomic E-state index is 0.00805. The van der Waals surface area contributed by atoms with Crippen LogP contribution in [0.4, 0.5) is 0 Å². The van der Waals surface area contributed by atoms with Gasteiger partial charge in [-0.2, -0.15) is 0 Å². The molecule has 1 aliphatic rings. The molecule has 0 fully saturated rings. The van der Waals surface area contributed by atoms with E-state index in [1.165, 1.54) is 48.5 Å². The number of carboxylic acids is 1. The average molecular weight is 342 g/mol. The van der Waals surface area contributed by atoms with Crippen LogP contribution in [0.3, 0.4) is 0 Å². The molecular formula is C18H14O7. The molecule has 3 rings (SSSR count). The van der Waals surface area contributed by atoms with E-state index in [1.807, 2.05) is 0 Å². The maximum Gasteiger partial charge on any atom is 0.375 e. The van der Waals surface area contributed by atoms with E-state index >= 15 is 0 Å². The van der Waals surface area contributed by atoms with Gasteiger partial charge in [-0.1, -0.05) is 24.3 Å². The zero-order valence-corrected chi connectivity index (χ0v) is 12.8. The van der Waals surface area contributed by atoms with Gasteiger partial charge in [0.05, 0.1) is 5.57 Å². The van der Waals surface area contributed by atoms with E-state index in [1.54, 1.807) is 0 Å². The molecule has 0 amide bonds. The first-order chi connectivity index (χ1) is 11.8. The smallest absolute Gasteiger partial charge is 0.375 e. The van der Waals surface area contributed by atoms with Crippen molar-refractivity contribution in [3.63, 3.8) is 0 Å². The highest BCUT2D eigenvalue weighted by atomic mass is 16.6. The van der Waals surface area contributed by atoms with Crippen LogP contribution < -0.4 is 0 Å². The van der Waals surface area contributed by atoms with Gasteiger partial charge in [0.15, 0.2) is 0 Å². The second kappa shape index (κ2) is 5.86. The standard InChI is InChI=1S/C18H14O7/c19-12-5-1-10(2-6-12)9-18(17(23)24)14(15(21)16(22)25-18)11-3-7-13(20)8-4-11/h1-8,19-21H,9H2,(H,23,24). The number of ether oxygens (including phenoxy) is 1. The average Bonchev–Trinajstić information content (AvgIpc) is 2.83. The number of rotatable bonds is 4. The Balaban J connectivity index is 2.13. The van der Waals surface area contributed by atoms with Crippen LogP contribution in [-0.4, -0.2) is 38.0 Å². The summed E-state index contributed by atoms with van der Waals surface area (Å²) in [6.45, 7) is 0. The summed E-state index contributed by atoms with van der Waals surface area (Å²) in [4.78, 5) is 23.9. The first-order valence-electron chi connectivity index (χ1n) is 7.31. The Morgan fingerprint density at radius 1 is 0.920 bits per heavy atom. The molecule has 0 spiro atoms. The van der Waals surface area contributed by atoms with Gasteiger partial charge in [0.1, 0.15) is 11.5 Å². The Morgan fingerprint density at radius 2 is 1.44 bits per heavy atom. The molecule has 0 aliphatic carbocycles. The van der Waals surface area contributed by atoms with Gasteiger partial charge >= 0.3 is 11.9 Å². The Bertz CT molecular complexity index is 865. The van der Waals surface area contributed by atoms with Crippen LogP contribution in [0.2, 0.25) is 0 Å². The number of carbonyl (C=O) groups is 2. The maximum absolute atomic E-state index is 12.0. The fourth-order valence-electron chi connectivity index (χ4n) is 2.80. The molecule has 1 aliphatic heterocycles. The largest absolute Gasteiger partial charge is 0.508 e. The molecule has 0 saturated carbocycles. The number of aliphatic hydroxyl groups excluding tert-OH is 1. The van der Waals surface area contributed by atoms with Crippen LogP contribution in [0.1, 0.15) is 11.1 Å². The first kappa shape index (κ1) is 16.4. The molecule has 1 unspecified atom stereocenters. The number of phenolic OH excluding ortho intramolecular Hbond substituents is 2. The second-order valence-electron chi connectivity index (χ2n) is 5.64. The number of esters is 1. The zero-order valence-electron chi connectivity index (χ0n) is 12.8. The first-order valence-corrected chi connectivity index (χ1v) is 7.31. The quantitative estimate of drug-likeness (QED) is 0.626. The topological polar surface area (TPSA) is 124 Å². The number of hydrogen-bond donors (Lipinski definition) is 4. The monoisotopic (exact) mass is 342 g/mol. The number of hydrogen-bond acceptors (Lipinski definition) is 6. The van der Waals surface area contributed by atoms with Gasteiger partial charge in [-0.25, -0.2) is 9.59 Å². The van der Waals surface area contributed by atoms with Gasteiger partial charge in [0.2, 0.25) is 11.4 Å². The van der Waals surface area contributed by atoms with Crippen LogP contribution in [0.5, 0.6) is 11.5 Å².